The van der Waals surface area contributed by atoms with Gasteiger partial charge < -0.3 is 19.9 Å². The van der Waals surface area contributed by atoms with E-state index in [1.165, 1.54) is 0 Å². The number of amides is 1. The van der Waals surface area contributed by atoms with Crippen LogP contribution < -0.4 is 14.8 Å². The molecule has 24 heavy (non-hydrogen) atoms. The predicted molar refractivity (Wildman–Crippen MR) is 90.1 cm³/mol. The lowest BCUT2D eigenvalue weighted by Crippen LogP contribution is -2.45. The van der Waals surface area contributed by atoms with E-state index in [1.807, 2.05) is 55.5 Å². The van der Waals surface area contributed by atoms with Crippen molar-refractivity contribution in [3.63, 3.8) is 0 Å². The Hall–Kier alpha value is -2.53. The third-order valence-corrected chi connectivity index (χ3v) is 4.19. The molecule has 5 heteroatoms. The smallest absolute Gasteiger partial charge is 0.258 e. The molecule has 1 unspecified atom stereocenters. The molecule has 126 valence electrons. The molecule has 1 aliphatic rings. The lowest BCUT2D eigenvalue weighted by atomic mass is 9.88. The highest BCUT2D eigenvalue weighted by Gasteiger charge is 2.35. The van der Waals surface area contributed by atoms with Crippen LogP contribution in [0.4, 0.5) is 0 Å². The molecule has 1 amide bonds. The molecule has 3 rings (SSSR count). The number of nitrogens with one attached hydrogen (secondary N) is 1. The number of ether oxygens (including phenoxy) is 2. The van der Waals surface area contributed by atoms with Crippen LogP contribution in [0.5, 0.6) is 11.5 Å². The molecule has 2 aromatic carbocycles. The zero-order valence-electron chi connectivity index (χ0n) is 13.6. The molecule has 0 radical (unpaired) electrons. The molecular weight excluding hydrogens is 306 g/mol. The summed E-state index contributed by atoms with van der Waals surface area (Å²) in [6.45, 7) is 2.39. The first-order valence-corrected chi connectivity index (χ1v) is 7.98. The summed E-state index contributed by atoms with van der Waals surface area (Å²) in [7, 11) is 0. The maximum atomic E-state index is 12.0. The lowest BCUT2D eigenvalue weighted by Gasteiger charge is -2.34. The normalized spacial score (nSPS) is 19.1. The number of fused-ring (bicyclic) bond motifs is 1. The fourth-order valence-corrected chi connectivity index (χ4v) is 2.78. The first kappa shape index (κ1) is 16.3. The molecule has 5 nitrogen and oxygen atoms in total. The van der Waals surface area contributed by atoms with Crippen molar-refractivity contribution in [1.82, 2.24) is 5.32 Å². The minimum absolute atomic E-state index is 0.0842. The van der Waals surface area contributed by atoms with E-state index in [4.69, 9.17) is 9.47 Å². The molecule has 1 heterocycles. The van der Waals surface area contributed by atoms with Crippen molar-refractivity contribution in [3.8, 4) is 11.5 Å². The Kier molecular flexibility index (Phi) is 4.71. The van der Waals surface area contributed by atoms with Crippen LogP contribution in [0.1, 0.15) is 17.5 Å². The SMILES string of the molecule is Cc1ccccc1OCC(=O)NCC1(O)CCOc2ccccc21. The van der Waals surface area contributed by atoms with Gasteiger partial charge in [-0.25, -0.2) is 0 Å². The Balaban J connectivity index is 1.58. The van der Waals surface area contributed by atoms with Crippen LogP contribution in [0.25, 0.3) is 0 Å². The minimum Gasteiger partial charge on any atom is -0.493 e. The van der Waals surface area contributed by atoms with Gasteiger partial charge in [0.05, 0.1) is 13.2 Å². The molecule has 0 spiro atoms. The van der Waals surface area contributed by atoms with Crippen LogP contribution >= 0.6 is 0 Å². The number of hydrogen-bond acceptors (Lipinski definition) is 4. The Labute approximate surface area is 141 Å². The van der Waals surface area contributed by atoms with Crippen molar-refractivity contribution in [1.29, 1.82) is 0 Å². The van der Waals surface area contributed by atoms with Crippen LogP contribution in [-0.4, -0.2) is 30.8 Å². The van der Waals surface area contributed by atoms with Crippen LogP contribution in [-0.2, 0) is 10.4 Å². The zero-order valence-corrected chi connectivity index (χ0v) is 13.6. The van der Waals surface area contributed by atoms with E-state index in [0.29, 0.717) is 30.1 Å². The van der Waals surface area contributed by atoms with Gasteiger partial charge in [0.1, 0.15) is 17.1 Å². The van der Waals surface area contributed by atoms with Gasteiger partial charge in [-0.15, -0.1) is 0 Å². The summed E-state index contributed by atoms with van der Waals surface area (Å²) in [6, 6.07) is 14.9. The van der Waals surface area contributed by atoms with E-state index < -0.39 is 5.60 Å². The third-order valence-electron chi connectivity index (χ3n) is 4.19. The fraction of sp³-hybridized carbons (Fsp3) is 0.316. The second-order valence-electron chi connectivity index (χ2n) is 5.96. The Morgan fingerprint density at radius 1 is 1.25 bits per heavy atom. The molecule has 0 aromatic heterocycles. The second kappa shape index (κ2) is 6.93. The number of para-hydroxylation sites is 2. The van der Waals surface area contributed by atoms with Gasteiger partial charge in [-0.3, -0.25) is 4.79 Å². The molecule has 0 saturated heterocycles. The van der Waals surface area contributed by atoms with Gasteiger partial charge in [-0.2, -0.15) is 0 Å². The van der Waals surface area contributed by atoms with E-state index >= 15 is 0 Å². The largest absolute Gasteiger partial charge is 0.493 e. The van der Waals surface area contributed by atoms with Crippen molar-refractivity contribution in [2.24, 2.45) is 0 Å². The number of carbonyl (C=O) groups excluding carboxylic acids is 1. The molecule has 0 bridgehead atoms. The molecule has 0 aliphatic carbocycles. The number of aliphatic hydroxyl groups is 1. The zero-order chi connectivity index (χ0) is 17.0. The van der Waals surface area contributed by atoms with Crippen molar-refractivity contribution < 1.29 is 19.4 Å². The highest BCUT2D eigenvalue weighted by atomic mass is 16.5. The highest BCUT2D eigenvalue weighted by molar-refractivity contribution is 5.77. The van der Waals surface area contributed by atoms with Gasteiger partial charge in [0.2, 0.25) is 0 Å². The summed E-state index contributed by atoms with van der Waals surface area (Å²) < 4.78 is 11.1. The molecule has 0 fully saturated rings. The lowest BCUT2D eigenvalue weighted by molar-refractivity contribution is -0.124. The molecule has 1 atom stereocenters. The van der Waals surface area contributed by atoms with Gasteiger partial charge >= 0.3 is 0 Å². The maximum absolute atomic E-state index is 12.0. The first-order valence-electron chi connectivity index (χ1n) is 7.98. The van der Waals surface area contributed by atoms with Gasteiger partial charge in [0.15, 0.2) is 6.61 Å². The third kappa shape index (κ3) is 3.51. The van der Waals surface area contributed by atoms with Crippen LogP contribution in [0.15, 0.2) is 48.5 Å². The molecule has 1 aliphatic heterocycles. The quantitative estimate of drug-likeness (QED) is 0.883. The average Bonchev–Trinajstić information content (AvgIpc) is 2.60. The Morgan fingerprint density at radius 3 is 2.83 bits per heavy atom. The number of carbonyl (C=O) groups is 1. The number of rotatable bonds is 5. The highest BCUT2D eigenvalue weighted by Crippen LogP contribution is 2.36. The molecule has 2 N–H and O–H groups in total. The monoisotopic (exact) mass is 327 g/mol. The number of aryl methyl sites for hydroxylation is 1. The summed E-state index contributed by atoms with van der Waals surface area (Å²) in [4.78, 5) is 12.0. The predicted octanol–water partition coefficient (Wildman–Crippen LogP) is 2.16. The van der Waals surface area contributed by atoms with Crippen molar-refractivity contribution >= 4 is 5.91 Å². The summed E-state index contributed by atoms with van der Waals surface area (Å²) in [5, 5.41) is 13.6. The van der Waals surface area contributed by atoms with Gasteiger partial charge in [-0.05, 0) is 24.6 Å². The summed E-state index contributed by atoms with van der Waals surface area (Å²) in [5.74, 6) is 1.08. The molecule has 0 saturated carbocycles. The van der Waals surface area contributed by atoms with Crippen molar-refractivity contribution in [2.45, 2.75) is 18.9 Å². The Bertz CT molecular complexity index is 731. The fourth-order valence-electron chi connectivity index (χ4n) is 2.78. The molecule has 2 aromatic rings. The topological polar surface area (TPSA) is 67.8 Å². The van der Waals surface area contributed by atoms with Crippen LogP contribution in [0.3, 0.4) is 0 Å². The van der Waals surface area contributed by atoms with E-state index in [-0.39, 0.29) is 19.1 Å². The standard InChI is InChI=1S/C19H21NO4/c1-14-6-2-4-8-16(14)24-12-18(21)20-13-19(22)10-11-23-17-9-5-3-7-15(17)19/h2-9,22H,10-13H2,1H3,(H,20,21). The molecular formula is C19H21NO4. The van der Waals surface area contributed by atoms with Crippen molar-refractivity contribution in [3.05, 3.63) is 59.7 Å². The summed E-state index contributed by atoms with van der Waals surface area (Å²) in [6.07, 6.45) is 0.433. The minimum atomic E-state index is -1.12. The number of benzene rings is 2. The van der Waals surface area contributed by atoms with Gasteiger partial charge in [0.25, 0.3) is 5.91 Å². The summed E-state index contributed by atoms with van der Waals surface area (Å²) in [5.41, 5.74) is 0.561. The van der Waals surface area contributed by atoms with Crippen LogP contribution in [0, 0.1) is 6.92 Å². The number of hydrogen-bond donors (Lipinski definition) is 2. The summed E-state index contributed by atoms with van der Waals surface area (Å²) >= 11 is 0. The Morgan fingerprint density at radius 2 is 2.00 bits per heavy atom. The van der Waals surface area contributed by atoms with Gasteiger partial charge in [0, 0.05) is 12.0 Å². The van der Waals surface area contributed by atoms with Gasteiger partial charge in [-0.1, -0.05) is 36.4 Å². The van der Waals surface area contributed by atoms with E-state index in [1.54, 1.807) is 0 Å². The second-order valence-corrected chi connectivity index (χ2v) is 5.96. The van der Waals surface area contributed by atoms with Crippen LogP contribution in [0.2, 0.25) is 0 Å². The van der Waals surface area contributed by atoms with E-state index in [0.717, 1.165) is 5.56 Å². The maximum Gasteiger partial charge on any atom is 0.258 e. The van der Waals surface area contributed by atoms with Crippen molar-refractivity contribution in [2.75, 3.05) is 19.8 Å². The van der Waals surface area contributed by atoms with E-state index in [9.17, 15) is 9.90 Å². The first-order chi connectivity index (χ1) is 11.6. The average molecular weight is 327 g/mol. The van der Waals surface area contributed by atoms with E-state index in [2.05, 4.69) is 5.32 Å².